The van der Waals surface area contributed by atoms with E-state index in [9.17, 15) is 4.79 Å². The maximum absolute atomic E-state index is 11.9. The molecule has 0 saturated carbocycles. The molecule has 0 aromatic heterocycles. The van der Waals surface area contributed by atoms with Crippen molar-refractivity contribution in [3.63, 3.8) is 0 Å². The molecule has 1 aliphatic heterocycles. The fraction of sp³-hybridized carbons (Fsp3) is 0.857. The third-order valence-electron chi connectivity index (χ3n) is 3.65. The Morgan fingerprint density at radius 1 is 1.22 bits per heavy atom. The number of hydrogen-bond acceptors (Lipinski definition) is 3. The van der Waals surface area contributed by atoms with E-state index in [0.29, 0.717) is 6.42 Å². The Kier molecular flexibility index (Phi) is 6.74. The van der Waals surface area contributed by atoms with Crippen LogP contribution in [0, 0.1) is 11.3 Å². The third-order valence-corrected chi connectivity index (χ3v) is 3.65. The van der Waals surface area contributed by atoms with Crippen molar-refractivity contribution in [3.05, 3.63) is 0 Å². The molecular weight excluding hydrogens is 226 g/mol. The lowest BCUT2D eigenvalue weighted by molar-refractivity contribution is -0.133. The first-order chi connectivity index (χ1) is 8.69. The number of piperazine rings is 1. The molecule has 1 fully saturated rings. The van der Waals surface area contributed by atoms with Crippen LogP contribution in [0.4, 0.5) is 0 Å². The zero-order valence-corrected chi connectivity index (χ0v) is 11.7. The van der Waals surface area contributed by atoms with Crippen molar-refractivity contribution < 1.29 is 4.79 Å². The molecule has 1 heterocycles. The van der Waals surface area contributed by atoms with Crippen molar-refractivity contribution in [1.29, 1.82) is 5.26 Å². The number of amides is 1. The smallest absolute Gasteiger partial charge is 0.222 e. The number of hydrogen-bond donors (Lipinski definition) is 0. The first-order valence-corrected chi connectivity index (χ1v) is 7.10. The molecule has 0 aliphatic carbocycles. The van der Waals surface area contributed by atoms with Crippen molar-refractivity contribution in [2.75, 3.05) is 26.2 Å². The summed E-state index contributed by atoms with van der Waals surface area (Å²) in [5, 5.41) is 8.86. The van der Waals surface area contributed by atoms with E-state index in [4.69, 9.17) is 5.26 Å². The fourth-order valence-corrected chi connectivity index (χ4v) is 2.30. The van der Waals surface area contributed by atoms with Gasteiger partial charge in [-0.1, -0.05) is 26.2 Å². The van der Waals surface area contributed by atoms with Gasteiger partial charge >= 0.3 is 0 Å². The normalized spacial score (nSPS) is 18.4. The van der Waals surface area contributed by atoms with Gasteiger partial charge in [0.2, 0.25) is 5.91 Å². The molecule has 4 heteroatoms. The van der Waals surface area contributed by atoms with Crippen molar-refractivity contribution >= 4 is 5.91 Å². The molecule has 102 valence electrons. The van der Waals surface area contributed by atoms with E-state index in [-0.39, 0.29) is 11.9 Å². The van der Waals surface area contributed by atoms with Gasteiger partial charge in [-0.05, 0) is 13.3 Å². The Morgan fingerprint density at radius 3 is 2.44 bits per heavy atom. The maximum atomic E-state index is 11.9. The Morgan fingerprint density at radius 2 is 1.89 bits per heavy atom. The molecule has 4 nitrogen and oxygen atoms in total. The van der Waals surface area contributed by atoms with E-state index in [1.54, 1.807) is 0 Å². The average molecular weight is 251 g/mol. The summed E-state index contributed by atoms with van der Waals surface area (Å²) in [5.74, 6) is 0.287. The van der Waals surface area contributed by atoms with E-state index in [2.05, 4.69) is 17.9 Å². The number of unbranched alkanes of at least 4 members (excludes halogenated alkanes) is 3. The van der Waals surface area contributed by atoms with E-state index >= 15 is 0 Å². The Hall–Kier alpha value is -1.08. The van der Waals surface area contributed by atoms with Gasteiger partial charge in [0.1, 0.15) is 0 Å². The molecular formula is C14H25N3O. The molecule has 1 rings (SSSR count). The molecule has 0 spiro atoms. The quantitative estimate of drug-likeness (QED) is 0.678. The van der Waals surface area contributed by atoms with Crippen LogP contribution < -0.4 is 0 Å². The Balaban J connectivity index is 2.22. The minimum atomic E-state index is -0.0354. The van der Waals surface area contributed by atoms with E-state index in [1.807, 2.05) is 11.8 Å². The summed E-state index contributed by atoms with van der Waals surface area (Å²) >= 11 is 0. The summed E-state index contributed by atoms with van der Waals surface area (Å²) in [5.41, 5.74) is 0. The van der Waals surface area contributed by atoms with Crippen molar-refractivity contribution in [2.45, 2.75) is 52.0 Å². The van der Waals surface area contributed by atoms with E-state index in [1.165, 1.54) is 12.8 Å². The van der Waals surface area contributed by atoms with Crippen LogP contribution in [0.2, 0.25) is 0 Å². The van der Waals surface area contributed by atoms with Gasteiger partial charge in [0.25, 0.3) is 0 Å². The van der Waals surface area contributed by atoms with Crippen LogP contribution in [0.3, 0.4) is 0 Å². The predicted molar refractivity (Wildman–Crippen MR) is 72.0 cm³/mol. The van der Waals surface area contributed by atoms with E-state index < -0.39 is 0 Å². The molecule has 0 aromatic carbocycles. The van der Waals surface area contributed by atoms with Crippen LogP contribution in [0.5, 0.6) is 0 Å². The highest BCUT2D eigenvalue weighted by molar-refractivity contribution is 5.76. The van der Waals surface area contributed by atoms with Crippen LogP contribution in [0.1, 0.15) is 46.0 Å². The van der Waals surface area contributed by atoms with Crippen molar-refractivity contribution in [1.82, 2.24) is 9.80 Å². The lowest BCUT2D eigenvalue weighted by Crippen LogP contribution is -2.51. The molecule has 0 aromatic rings. The lowest BCUT2D eigenvalue weighted by atomic mass is 10.1. The first-order valence-electron chi connectivity index (χ1n) is 7.10. The van der Waals surface area contributed by atoms with Crippen LogP contribution in [-0.2, 0) is 4.79 Å². The van der Waals surface area contributed by atoms with Gasteiger partial charge < -0.3 is 4.90 Å². The van der Waals surface area contributed by atoms with Gasteiger partial charge in [0.15, 0.2) is 0 Å². The highest BCUT2D eigenvalue weighted by Gasteiger charge is 2.23. The van der Waals surface area contributed by atoms with Gasteiger partial charge in [-0.25, -0.2) is 0 Å². The minimum absolute atomic E-state index is 0.0354. The molecule has 18 heavy (non-hydrogen) atoms. The SMILES string of the molecule is CCCCCCC(=O)N1CCN(C(C)C#N)CC1. The predicted octanol–water partition coefficient (Wildman–Crippen LogP) is 2.01. The van der Waals surface area contributed by atoms with Gasteiger partial charge in [-0.3, -0.25) is 9.69 Å². The second-order valence-electron chi connectivity index (χ2n) is 5.03. The highest BCUT2D eigenvalue weighted by atomic mass is 16.2. The fourth-order valence-electron chi connectivity index (χ4n) is 2.30. The number of carbonyl (C=O) groups excluding carboxylic acids is 1. The summed E-state index contributed by atoms with van der Waals surface area (Å²) < 4.78 is 0. The Bertz CT molecular complexity index is 290. The highest BCUT2D eigenvalue weighted by Crippen LogP contribution is 2.09. The van der Waals surface area contributed by atoms with Crippen LogP contribution >= 0.6 is 0 Å². The molecule has 1 saturated heterocycles. The minimum Gasteiger partial charge on any atom is -0.340 e. The summed E-state index contributed by atoms with van der Waals surface area (Å²) in [6.07, 6.45) is 5.29. The van der Waals surface area contributed by atoms with Crippen LogP contribution in [0.25, 0.3) is 0 Å². The van der Waals surface area contributed by atoms with Crippen molar-refractivity contribution in [3.8, 4) is 6.07 Å². The second-order valence-corrected chi connectivity index (χ2v) is 5.03. The summed E-state index contributed by atoms with van der Waals surface area (Å²) in [6.45, 7) is 7.31. The van der Waals surface area contributed by atoms with Crippen molar-refractivity contribution in [2.24, 2.45) is 0 Å². The summed E-state index contributed by atoms with van der Waals surface area (Å²) in [6, 6.07) is 2.21. The molecule has 0 N–H and O–H groups in total. The standard InChI is InChI=1S/C14H25N3O/c1-3-4-5-6-7-14(18)17-10-8-16(9-11-17)13(2)12-15/h13H,3-11H2,1-2H3. The Labute approximate surface area is 111 Å². The maximum Gasteiger partial charge on any atom is 0.222 e. The molecule has 0 radical (unpaired) electrons. The molecule has 1 atom stereocenters. The number of nitrogens with zero attached hydrogens (tertiary/aromatic N) is 3. The summed E-state index contributed by atoms with van der Waals surface area (Å²) in [7, 11) is 0. The van der Waals surface area contributed by atoms with E-state index in [0.717, 1.165) is 39.0 Å². The molecule has 1 unspecified atom stereocenters. The molecule has 1 amide bonds. The molecule has 1 aliphatic rings. The van der Waals surface area contributed by atoms with Crippen LogP contribution in [-0.4, -0.2) is 47.9 Å². The van der Waals surface area contributed by atoms with Gasteiger partial charge in [-0.2, -0.15) is 5.26 Å². The van der Waals surface area contributed by atoms with Gasteiger partial charge in [0.05, 0.1) is 12.1 Å². The molecule has 0 bridgehead atoms. The zero-order chi connectivity index (χ0) is 13.4. The van der Waals surface area contributed by atoms with Gasteiger partial charge in [0, 0.05) is 32.6 Å². The topological polar surface area (TPSA) is 47.3 Å². The number of carbonyl (C=O) groups is 1. The monoisotopic (exact) mass is 251 g/mol. The summed E-state index contributed by atoms with van der Waals surface area (Å²) in [4.78, 5) is 16.0. The largest absolute Gasteiger partial charge is 0.340 e. The third kappa shape index (κ3) is 4.66. The second kappa shape index (κ2) is 8.10. The van der Waals surface area contributed by atoms with Gasteiger partial charge in [-0.15, -0.1) is 0 Å². The first kappa shape index (κ1) is 15.0. The number of rotatable bonds is 6. The lowest BCUT2D eigenvalue weighted by Gasteiger charge is -2.36. The zero-order valence-electron chi connectivity index (χ0n) is 11.7. The average Bonchev–Trinajstić information content (AvgIpc) is 2.42. The number of nitriles is 1. The van der Waals surface area contributed by atoms with Crippen LogP contribution in [0.15, 0.2) is 0 Å².